The number of hydrogen-bond donors (Lipinski definition) is 1. The van der Waals surface area contributed by atoms with E-state index in [-0.39, 0.29) is 28.6 Å². The summed E-state index contributed by atoms with van der Waals surface area (Å²) in [4.78, 5) is 15.2. The van der Waals surface area contributed by atoms with Crippen LogP contribution in [0.15, 0.2) is 36.4 Å². The molecule has 0 amide bonds. The highest BCUT2D eigenvalue weighted by Crippen LogP contribution is 2.40. The third-order valence-electron chi connectivity index (χ3n) is 6.71. The van der Waals surface area contributed by atoms with Crippen molar-refractivity contribution in [2.75, 3.05) is 31.1 Å². The molecule has 1 N–H and O–H groups in total. The van der Waals surface area contributed by atoms with Gasteiger partial charge in [0.05, 0.1) is 17.1 Å². The molecule has 1 fully saturated rings. The maximum absolute atomic E-state index is 10.9. The van der Waals surface area contributed by atoms with Gasteiger partial charge in [0.25, 0.3) is 5.69 Å². The number of nitro groups is 1. The molecule has 2 aromatic carbocycles. The number of anilines is 1. The highest BCUT2D eigenvalue weighted by Gasteiger charge is 2.22. The summed E-state index contributed by atoms with van der Waals surface area (Å²) < 4.78 is 12.3. The van der Waals surface area contributed by atoms with Gasteiger partial charge in [0, 0.05) is 50.5 Å². The zero-order chi connectivity index (χ0) is 25.4. The van der Waals surface area contributed by atoms with E-state index in [0.29, 0.717) is 11.5 Å². The molecule has 0 spiro atoms. The fraction of sp³-hybridized carbons (Fsp3) is 0.556. The van der Waals surface area contributed by atoms with Crippen molar-refractivity contribution in [1.82, 2.24) is 4.90 Å². The zero-order valence-corrected chi connectivity index (χ0v) is 21.4. The van der Waals surface area contributed by atoms with Crippen LogP contribution in [0.25, 0.3) is 0 Å². The lowest BCUT2D eigenvalue weighted by Gasteiger charge is -2.36. The van der Waals surface area contributed by atoms with Gasteiger partial charge in [-0.25, -0.2) is 0 Å². The van der Waals surface area contributed by atoms with Gasteiger partial charge in [0.15, 0.2) is 11.5 Å². The van der Waals surface area contributed by atoms with Gasteiger partial charge in [0.1, 0.15) is 0 Å². The van der Waals surface area contributed by atoms with Crippen LogP contribution < -0.4 is 14.4 Å². The molecule has 0 aromatic heterocycles. The van der Waals surface area contributed by atoms with E-state index in [0.717, 1.165) is 69.7 Å². The van der Waals surface area contributed by atoms with E-state index >= 15 is 0 Å². The Bertz CT molecular complexity index is 915. The average molecular weight is 486 g/mol. The maximum Gasteiger partial charge on any atom is 0.269 e. The third-order valence-corrected chi connectivity index (χ3v) is 6.71. The fourth-order valence-electron chi connectivity index (χ4n) is 4.38. The normalized spacial score (nSPS) is 14.5. The standard InChI is InChI=1S/C27H39N3O5/c1-5-23(6-2)34-25-17-20(18-26(27(25)31)35-24(7-3)8-4)19-28-13-15-29(16-14-28)21-9-11-22(12-10-21)30(32)33/h9-12,17-18,23-24,31H,5-8,13-16,19H2,1-4H3. The maximum atomic E-state index is 10.9. The van der Waals surface area contributed by atoms with E-state index in [1.54, 1.807) is 12.1 Å². The molecule has 0 atom stereocenters. The number of hydrogen-bond acceptors (Lipinski definition) is 7. The summed E-state index contributed by atoms with van der Waals surface area (Å²) in [6.45, 7) is 12.5. The Kier molecular flexibility index (Phi) is 9.60. The van der Waals surface area contributed by atoms with Crippen molar-refractivity contribution in [2.24, 2.45) is 0 Å². The molecule has 0 bridgehead atoms. The molecule has 8 nitrogen and oxygen atoms in total. The summed E-state index contributed by atoms with van der Waals surface area (Å²) >= 11 is 0. The zero-order valence-electron chi connectivity index (χ0n) is 21.4. The summed E-state index contributed by atoms with van der Waals surface area (Å²) in [6, 6.07) is 10.6. The van der Waals surface area contributed by atoms with Crippen LogP contribution in [-0.2, 0) is 6.54 Å². The number of phenols is 1. The first-order valence-electron chi connectivity index (χ1n) is 12.8. The molecule has 0 unspecified atom stereocenters. The highest BCUT2D eigenvalue weighted by atomic mass is 16.6. The minimum Gasteiger partial charge on any atom is -0.502 e. The van der Waals surface area contributed by atoms with Crippen LogP contribution >= 0.6 is 0 Å². The lowest BCUT2D eigenvalue weighted by molar-refractivity contribution is -0.384. The molecule has 1 saturated heterocycles. The number of aromatic hydroxyl groups is 1. The fourth-order valence-corrected chi connectivity index (χ4v) is 4.38. The molecule has 35 heavy (non-hydrogen) atoms. The largest absolute Gasteiger partial charge is 0.502 e. The van der Waals surface area contributed by atoms with Gasteiger partial charge < -0.3 is 19.5 Å². The summed E-state index contributed by atoms with van der Waals surface area (Å²) in [5, 5.41) is 21.8. The van der Waals surface area contributed by atoms with Gasteiger partial charge in [0.2, 0.25) is 5.75 Å². The summed E-state index contributed by atoms with van der Waals surface area (Å²) in [5.74, 6) is 1.05. The van der Waals surface area contributed by atoms with E-state index in [1.165, 1.54) is 0 Å². The van der Waals surface area contributed by atoms with Gasteiger partial charge in [-0.1, -0.05) is 27.7 Å². The first kappa shape index (κ1) is 26.6. The number of non-ortho nitro benzene ring substituents is 1. The van der Waals surface area contributed by atoms with Crippen molar-refractivity contribution < 1.29 is 19.5 Å². The Balaban J connectivity index is 1.71. The second kappa shape index (κ2) is 12.6. The molecule has 2 aromatic rings. The molecule has 0 saturated carbocycles. The smallest absolute Gasteiger partial charge is 0.269 e. The minimum atomic E-state index is -0.373. The molecule has 1 aliphatic rings. The van der Waals surface area contributed by atoms with Crippen molar-refractivity contribution in [1.29, 1.82) is 0 Å². The lowest BCUT2D eigenvalue weighted by Crippen LogP contribution is -2.45. The number of ether oxygens (including phenoxy) is 2. The van der Waals surface area contributed by atoms with Crippen LogP contribution in [0.4, 0.5) is 11.4 Å². The average Bonchev–Trinajstić information content (AvgIpc) is 2.88. The molecule has 192 valence electrons. The van der Waals surface area contributed by atoms with Crippen LogP contribution in [0.5, 0.6) is 17.2 Å². The topological polar surface area (TPSA) is 88.3 Å². The lowest BCUT2D eigenvalue weighted by atomic mass is 10.1. The highest BCUT2D eigenvalue weighted by molar-refractivity contribution is 5.53. The number of nitro benzene ring substituents is 1. The number of piperazine rings is 1. The Morgan fingerprint density at radius 3 is 1.80 bits per heavy atom. The molecule has 1 aliphatic heterocycles. The number of nitrogens with zero attached hydrogens (tertiary/aromatic N) is 3. The second-order valence-corrected chi connectivity index (χ2v) is 9.09. The van der Waals surface area contributed by atoms with Gasteiger partial charge >= 0.3 is 0 Å². The van der Waals surface area contributed by atoms with Gasteiger partial charge in [-0.15, -0.1) is 0 Å². The summed E-state index contributed by atoms with van der Waals surface area (Å²) in [6.07, 6.45) is 3.56. The molecular formula is C27H39N3O5. The molecule has 0 aliphatic carbocycles. The third kappa shape index (κ3) is 7.01. The van der Waals surface area contributed by atoms with Crippen molar-refractivity contribution in [3.05, 3.63) is 52.1 Å². The first-order chi connectivity index (χ1) is 16.9. The van der Waals surface area contributed by atoms with Crippen LogP contribution in [0.3, 0.4) is 0 Å². The minimum absolute atomic E-state index is 0.0439. The van der Waals surface area contributed by atoms with Gasteiger partial charge in [-0.3, -0.25) is 15.0 Å². The molecular weight excluding hydrogens is 446 g/mol. The van der Waals surface area contributed by atoms with E-state index < -0.39 is 0 Å². The van der Waals surface area contributed by atoms with Gasteiger partial charge in [-0.2, -0.15) is 0 Å². The Morgan fingerprint density at radius 1 is 0.886 bits per heavy atom. The first-order valence-corrected chi connectivity index (χ1v) is 12.8. The second-order valence-electron chi connectivity index (χ2n) is 9.09. The van der Waals surface area contributed by atoms with E-state index in [2.05, 4.69) is 37.5 Å². The van der Waals surface area contributed by atoms with Crippen LogP contribution in [0, 0.1) is 10.1 Å². The molecule has 8 heteroatoms. The van der Waals surface area contributed by atoms with E-state index in [9.17, 15) is 15.2 Å². The van der Waals surface area contributed by atoms with Crippen molar-refractivity contribution in [3.63, 3.8) is 0 Å². The van der Waals surface area contributed by atoms with Crippen molar-refractivity contribution >= 4 is 11.4 Å². The van der Waals surface area contributed by atoms with E-state index in [4.69, 9.17) is 9.47 Å². The summed E-state index contributed by atoms with van der Waals surface area (Å²) in [7, 11) is 0. The van der Waals surface area contributed by atoms with Gasteiger partial charge in [-0.05, 0) is 55.5 Å². The van der Waals surface area contributed by atoms with Crippen LogP contribution in [-0.4, -0.2) is 53.3 Å². The van der Waals surface area contributed by atoms with Crippen molar-refractivity contribution in [3.8, 4) is 17.2 Å². The number of phenolic OH excluding ortho intramolecular Hbond substituents is 1. The number of benzene rings is 2. The Morgan fingerprint density at radius 2 is 1.37 bits per heavy atom. The number of rotatable bonds is 12. The predicted octanol–water partition coefficient (Wildman–Crippen LogP) is 5.76. The Labute approximate surface area is 208 Å². The summed E-state index contributed by atoms with van der Waals surface area (Å²) in [5.41, 5.74) is 2.16. The quantitative estimate of drug-likeness (QED) is 0.302. The molecule has 3 rings (SSSR count). The molecule has 1 heterocycles. The Hall–Kier alpha value is -3.00. The van der Waals surface area contributed by atoms with Crippen LogP contribution in [0.2, 0.25) is 0 Å². The monoisotopic (exact) mass is 485 g/mol. The van der Waals surface area contributed by atoms with Crippen molar-refractivity contribution in [2.45, 2.75) is 72.1 Å². The van der Waals surface area contributed by atoms with Crippen LogP contribution in [0.1, 0.15) is 58.9 Å². The predicted molar refractivity (Wildman–Crippen MR) is 139 cm³/mol. The van der Waals surface area contributed by atoms with E-state index in [1.807, 2.05) is 24.3 Å². The SMILES string of the molecule is CCC(CC)Oc1cc(CN2CCN(c3ccc([N+](=O)[O-])cc3)CC2)cc(OC(CC)CC)c1O. The molecule has 0 radical (unpaired) electrons.